The molecule has 0 bridgehead atoms. The van der Waals surface area contributed by atoms with Crippen molar-refractivity contribution in [2.24, 2.45) is 5.73 Å². The summed E-state index contributed by atoms with van der Waals surface area (Å²) in [5.74, 6) is 0.235. The lowest BCUT2D eigenvalue weighted by Gasteiger charge is -2.42. The van der Waals surface area contributed by atoms with Crippen molar-refractivity contribution in [3.8, 4) is 0 Å². The number of rotatable bonds is 6. The Morgan fingerprint density at radius 2 is 2.05 bits per heavy atom. The van der Waals surface area contributed by atoms with Crippen molar-refractivity contribution >= 4 is 5.91 Å². The van der Waals surface area contributed by atoms with Crippen molar-refractivity contribution < 1.29 is 14.3 Å². The fourth-order valence-electron chi connectivity index (χ4n) is 2.92. The lowest BCUT2D eigenvalue weighted by atomic mass is 9.77. The smallest absolute Gasteiger partial charge is 0.225 e. The summed E-state index contributed by atoms with van der Waals surface area (Å²) in [5, 5.41) is 0. The van der Waals surface area contributed by atoms with Gasteiger partial charge in [-0.05, 0) is 32.1 Å². The van der Waals surface area contributed by atoms with E-state index in [1.807, 2.05) is 4.90 Å². The zero-order valence-electron chi connectivity index (χ0n) is 11.9. The van der Waals surface area contributed by atoms with Crippen molar-refractivity contribution in [1.29, 1.82) is 0 Å². The number of hydrogen-bond acceptors (Lipinski definition) is 4. The van der Waals surface area contributed by atoms with Gasteiger partial charge in [0.15, 0.2) is 0 Å². The third-order valence-electron chi connectivity index (χ3n) is 4.44. The van der Waals surface area contributed by atoms with Crippen LogP contribution in [0.2, 0.25) is 0 Å². The van der Waals surface area contributed by atoms with E-state index in [0.29, 0.717) is 19.6 Å². The number of hydrogen-bond donors (Lipinski definition) is 1. The van der Waals surface area contributed by atoms with E-state index >= 15 is 0 Å². The summed E-state index contributed by atoms with van der Waals surface area (Å²) < 4.78 is 11.2. The normalized spacial score (nSPS) is 23.2. The average Bonchev–Trinajstić information content (AvgIpc) is 2.41. The Hall–Kier alpha value is -0.650. The summed E-state index contributed by atoms with van der Waals surface area (Å²) in [6.45, 7) is 2.78. The number of carbonyl (C=O) groups excluding carboxylic acids is 1. The van der Waals surface area contributed by atoms with Crippen LogP contribution in [-0.2, 0) is 14.3 Å². The quantitative estimate of drug-likeness (QED) is 0.779. The van der Waals surface area contributed by atoms with Crippen LogP contribution in [0, 0.1) is 0 Å². The van der Waals surface area contributed by atoms with Gasteiger partial charge in [-0.15, -0.1) is 0 Å². The maximum atomic E-state index is 12.3. The van der Waals surface area contributed by atoms with Gasteiger partial charge in [-0.1, -0.05) is 0 Å². The Labute approximate surface area is 115 Å². The molecule has 1 aliphatic heterocycles. The summed E-state index contributed by atoms with van der Waals surface area (Å²) in [6, 6.07) is 0. The molecule has 19 heavy (non-hydrogen) atoms. The monoisotopic (exact) mass is 270 g/mol. The number of nitrogens with zero attached hydrogens (tertiary/aromatic N) is 1. The van der Waals surface area contributed by atoms with Crippen molar-refractivity contribution in [3.05, 3.63) is 0 Å². The Morgan fingerprint density at radius 3 is 2.53 bits per heavy atom. The molecular formula is C14H26N2O3. The Kier molecular flexibility index (Phi) is 5.19. The minimum absolute atomic E-state index is 0.163. The molecule has 5 nitrogen and oxygen atoms in total. The van der Waals surface area contributed by atoms with Crippen LogP contribution in [0.3, 0.4) is 0 Å². The predicted molar refractivity (Wildman–Crippen MR) is 72.8 cm³/mol. The molecule has 0 spiro atoms. The van der Waals surface area contributed by atoms with Crippen LogP contribution in [0.25, 0.3) is 0 Å². The Bertz CT molecular complexity index is 292. The molecule has 2 N–H and O–H groups in total. The number of carbonyl (C=O) groups is 1. The third kappa shape index (κ3) is 3.68. The zero-order valence-corrected chi connectivity index (χ0v) is 11.9. The van der Waals surface area contributed by atoms with Gasteiger partial charge in [0.05, 0.1) is 24.7 Å². The van der Waals surface area contributed by atoms with Crippen molar-refractivity contribution in [3.63, 3.8) is 0 Å². The molecule has 2 fully saturated rings. The molecule has 1 saturated heterocycles. The number of piperidine rings is 1. The highest BCUT2D eigenvalue weighted by molar-refractivity contribution is 5.77. The molecule has 1 amide bonds. The minimum atomic E-state index is -0.163. The molecule has 0 aromatic carbocycles. The molecule has 0 unspecified atom stereocenters. The number of amides is 1. The second-order valence-electron chi connectivity index (χ2n) is 5.66. The number of nitrogens with two attached hydrogens (primary N) is 1. The van der Waals surface area contributed by atoms with Gasteiger partial charge in [0, 0.05) is 26.7 Å². The average molecular weight is 270 g/mol. The minimum Gasteiger partial charge on any atom is -0.378 e. The van der Waals surface area contributed by atoms with Crippen molar-refractivity contribution in [2.75, 3.05) is 33.4 Å². The summed E-state index contributed by atoms with van der Waals surface area (Å²) >= 11 is 0. The highest BCUT2D eigenvalue weighted by Crippen LogP contribution is 2.38. The molecule has 0 atom stereocenters. The number of likely N-dealkylation sites (tertiary alicyclic amines) is 1. The van der Waals surface area contributed by atoms with Crippen LogP contribution < -0.4 is 5.73 Å². The SMILES string of the molecule is COC1(CC(=O)N2CCC(OCCN)CC2)CCC1. The van der Waals surface area contributed by atoms with E-state index in [9.17, 15) is 4.79 Å². The van der Waals surface area contributed by atoms with Crippen LogP contribution in [0.4, 0.5) is 0 Å². The molecule has 1 aliphatic carbocycles. The van der Waals surface area contributed by atoms with Crippen LogP contribution in [0.15, 0.2) is 0 Å². The van der Waals surface area contributed by atoms with Gasteiger partial charge in [0.25, 0.3) is 0 Å². The fourth-order valence-corrected chi connectivity index (χ4v) is 2.92. The maximum absolute atomic E-state index is 12.3. The first-order valence-electron chi connectivity index (χ1n) is 7.34. The second-order valence-corrected chi connectivity index (χ2v) is 5.66. The molecule has 1 heterocycles. The summed E-state index contributed by atoms with van der Waals surface area (Å²) in [6.07, 6.45) is 5.87. The summed E-state index contributed by atoms with van der Waals surface area (Å²) in [7, 11) is 1.72. The van der Waals surface area contributed by atoms with E-state index < -0.39 is 0 Å². The highest BCUT2D eigenvalue weighted by Gasteiger charge is 2.40. The topological polar surface area (TPSA) is 64.8 Å². The standard InChI is InChI=1S/C14H26N2O3/c1-18-14(5-2-6-14)11-13(17)16-8-3-12(4-9-16)19-10-7-15/h12H,2-11,15H2,1H3. The molecule has 1 saturated carbocycles. The molecule has 2 rings (SSSR count). The van der Waals surface area contributed by atoms with Gasteiger partial charge in [0.1, 0.15) is 0 Å². The van der Waals surface area contributed by atoms with Gasteiger partial charge in [0.2, 0.25) is 5.91 Å². The van der Waals surface area contributed by atoms with E-state index in [1.54, 1.807) is 7.11 Å². The van der Waals surface area contributed by atoms with Crippen molar-refractivity contribution in [2.45, 2.75) is 50.2 Å². The van der Waals surface area contributed by atoms with Gasteiger partial charge in [-0.25, -0.2) is 0 Å². The lowest BCUT2D eigenvalue weighted by Crippen LogP contribution is -2.47. The number of methoxy groups -OCH3 is 1. The zero-order chi connectivity index (χ0) is 13.7. The van der Waals surface area contributed by atoms with E-state index in [4.69, 9.17) is 15.2 Å². The second kappa shape index (κ2) is 6.68. The third-order valence-corrected chi connectivity index (χ3v) is 4.44. The highest BCUT2D eigenvalue weighted by atomic mass is 16.5. The van der Waals surface area contributed by atoms with E-state index in [-0.39, 0.29) is 17.6 Å². The first kappa shape index (κ1) is 14.8. The first-order chi connectivity index (χ1) is 9.19. The molecule has 5 heteroatoms. The molecule has 0 aromatic rings. The van der Waals surface area contributed by atoms with Gasteiger partial charge in [-0.3, -0.25) is 4.79 Å². The predicted octanol–water partition coefficient (Wildman–Crippen LogP) is 0.912. The van der Waals surface area contributed by atoms with Crippen molar-refractivity contribution in [1.82, 2.24) is 4.90 Å². The fraction of sp³-hybridized carbons (Fsp3) is 0.929. The van der Waals surface area contributed by atoms with Crippen LogP contribution in [-0.4, -0.2) is 55.9 Å². The summed E-state index contributed by atoms with van der Waals surface area (Å²) in [4.78, 5) is 14.2. The van der Waals surface area contributed by atoms with E-state index in [2.05, 4.69) is 0 Å². The Balaban J connectivity index is 1.73. The largest absolute Gasteiger partial charge is 0.378 e. The van der Waals surface area contributed by atoms with Gasteiger partial charge < -0.3 is 20.1 Å². The van der Waals surface area contributed by atoms with Crippen LogP contribution in [0.1, 0.15) is 38.5 Å². The van der Waals surface area contributed by atoms with E-state index in [1.165, 1.54) is 6.42 Å². The van der Waals surface area contributed by atoms with Gasteiger partial charge in [-0.2, -0.15) is 0 Å². The summed E-state index contributed by atoms with van der Waals surface area (Å²) in [5.41, 5.74) is 5.26. The first-order valence-corrected chi connectivity index (χ1v) is 7.34. The molecule has 2 aliphatic rings. The number of ether oxygens (including phenoxy) is 2. The molecule has 0 aromatic heterocycles. The maximum Gasteiger partial charge on any atom is 0.225 e. The lowest BCUT2D eigenvalue weighted by molar-refractivity contribution is -0.146. The van der Waals surface area contributed by atoms with Crippen LogP contribution >= 0.6 is 0 Å². The van der Waals surface area contributed by atoms with Gasteiger partial charge >= 0.3 is 0 Å². The molecule has 110 valence electrons. The van der Waals surface area contributed by atoms with E-state index in [0.717, 1.165) is 38.8 Å². The Morgan fingerprint density at radius 1 is 1.37 bits per heavy atom. The molecule has 0 radical (unpaired) electrons. The molecular weight excluding hydrogens is 244 g/mol. The van der Waals surface area contributed by atoms with Crippen LogP contribution in [0.5, 0.6) is 0 Å².